The highest BCUT2D eigenvalue weighted by atomic mass is 16.5. The van der Waals surface area contributed by atoms with Gasteiger partial charge in [0.15, 0.2) is 0 Å². The van der Waals surface area contributed by atoms with Crippen LogP contribution in [0.25, 0.3) is 10.9 Å². The second-order valence-electron chi connectivity index (χ2n) is 7.46. The van der Waals surface area contributed by atoms with Crippen molar-refractivity contribution < 1.29 is 19.4 Å². The molecule has 1 aliphatic rings. The number of rotatable bonds is 6. The molecule has 3 rings (SSSR count). The highest BCUT2D eigenvalue weighted by Crippen LogP contribution is 2.37. The summed E-state index contributed by atoms with van der Waals surface area (Å²) in [6.07, 6.45) is 8.44. The number of methoxy groups -OCH3 is 1. The molecule has 1 aliphatic carbocycles. The lowest BCUT2D eigenvalue weighted by molar-refractivity contribution is -0.131. The van der Waals surface area contributed by atoms with E-state index in [2.05, 4.69) is 9.88 Å². The van der Waals surface area contributed by atoms with E-state index in [4.69, 9.17) is 9.84 Å². The molecule has 1 unspecified atom stereocenters. The van der Waals surface area contributed by atoms with E-state index in [1.54, 1.807) is 14.0 Å². The summed E-state index contributed by atoms with van der Waals surface area (Å²) in [7, 11) is 1.62. The number of aromatic nitrogens is 1. The molecular weight excluding hydrogens is 356 g/mol. The largest absolute Gasteiger partial charge is 0.497 e. The van der Waals surface area contributed by atoms with Crippen molar-refractivity contribution in [3.05, 3.63) is 41.6 Å². The van der Waals surface area contributed by atoms with E-state index < -0.39 is 5.97 Å². The van der Waals surface area contributed by atoms with Crippen LogP contribution in [0.3, 0.4) is 0 Å². The number of aliphatic carboxylic acids is 1. The Hall–Kier alpha value is -2.76. The van der Waals surface area contributed by atoms with Crippen LogP contribution in [0.1, 0.15) is 61.1 Å². The molecule has 0 aliphatic heterocycles. The van der Waals surface area contributed by atoms with Gasteiger partial charge in [0.1, 0.15) is 5.75 Å². The van der Waals surface area contributed by atoms with Crippen molar-refractivity contribution >= 4 is 22.8 Å². The SMILES string of the molecule is COc1ccc2c(c1)c(C(=O)NC(C)/C=C/C(=O)O)c(C)n2C1CCCCC1. The summed E-state index contributed by atoms with van der Waals surface area (Å²) in [5, 5.41) is 12.6. The van der Waals surface area contributed by atoms with Gasteiger partial charge in [-0.25, -0.2) is 4.79 Å². The van der Waals surface area contributed by atoms with Crippen molar-refractivity contribution in [1.29, 1.82) is 0 Å². The quantitative estimate of drug-likeness (QED) is 0.731. The molecule has 1 fully saturated rings. The van der Waals surface area contributed by atoms with Crippen molar-refractivity contribution in [2.75, 3.05) is 7.11 Å². The summed E-state index contributed by atoms with van der Waals surface area (Å²) >= 11 is 0. The molecule has 1 saturated carbocycles. The van der Waals surface area contributed by atoms with Gasteiger partial charge in [-0.15, -0.1) is 0 Å². The number of nitrogens with one attached hydrogen (secondary N) is 1. The fourth-order valence-electron chi connectivity index (χ4n) is 4.20. The zero-order chi connectivity index (χ0) is 20.3. The van der Waals surface area contributed by atoms with Crippen molar-refractivity contribution in [3.63, 3.8) is 0 Å². The first-order valence-electron chi connectivity index (χ1n) is 9.83. The molecule has 2 aromatic rings. The lowest BCUT2D eigenvalue weighted by Gasteiger charge is -2.26. The third kappa shape index (κ3) is 4.06. The van der Waals surface area contributed by atoms with E-state index in [1.165, 1.54) is 25.3 Å². The van der Waals surface area contributed by atoms with Gasteiger partial charge in [0.05, 0.1) is 12.7 Å². The molecule has 150 valence electrons. The standard InChI is InChI=1S/C22H28N2O4/c1-14(9-12-20(25)26)23-22(27)21-15(2)24(16-7-5-4-6-8-16)19-11-10-17(28-3)13-18(19)21/h9-14,16H,4-8H2,1-3H3,(H,23,27)(H,25,26)/b12-9+. The zero-order valence-electron chi connectivity index (χ0n) is 16.7. The summed E-state index contributed by atoms with van der Waals surface area (Å²) in [4.78, 5) is 23.8. The fourth-order valence-corrected chi connectivity index (χ4v) is 4.20. The molecule has 1 aromatic carbocycles. The summed E-state index contributed by atoms with van der Waals surface area (Å²) in [5.74, 6) is -0.523. The monoisotopic (exact) mass is 384 g/mol. The fraction of sp³-hybridized carbons (Fsp3) is 0.455. The number of carboxylic acids is 1. The average molecular weight is 384 g/mol. The Balaban J connectivity index is 2.03. The first kappa shape index (κ1) is 20.0. The number of hydrogen-bond acceptors (Lipinski definition) is 3. The molecule has 0 radical (unpaired) electrons. The zero-order valence-corrected chi connectivity index (χ0v) is 16.7. The first-order chi connectivity index (χ1) is 13.4. The van der Waals surface area contributed by atoms with Gasteiger partial charge in [-0.3, -0.25) is 4.79 Å². The van der Waals surface area contributed by atoms with Crippen LogP contribution in [0.15, 0.2) is 30.4 Å². The maximum absolute atomic E-state index is 13.1. The van der Waals surface area contributed by atoms with Gasteiger partial charge in [-0.2, -0.15) is 0 Å². The molecule has 6 nitrogen and oxygen atoms in total. The molecule has 1 heterocycles. The lowest BCUT2D eigenvalue weighted by Crippen LogP contribution is -2.31. The second-order valence-corrected chi connectivity index (χ2v) is 7.46. The predicted molar refractivity (Wildman–Crippen MR) is 109 cm³/mol. The summed E-state index contributed by atoms with van der Waals surface area (Å²) < 4.78 is 7.69. The van der Waals surface area contributed by atoms with Crippen LogP contribution >= 0.6 is 0 Å². The van der Waals surface area contributed by atoms with Crippen LogP contribution in [0.5, 0.6) is 5.75 Å². The third-order valence-electron chi connectivity index (χ3n) is 5.51. The smallest absolute Gasteiger partial charge is 0.328 e. The van der Waals surface area contributed by atoms with Gasteiger partial charge in [-0.05, 0) is 44.9 Å². The molecule has 1 aromatic heterocycles. The lowest BCUT2D eigenvalue weighted by atomic mass is 9.95. The predicted octanol–water partition coefficient (Wildman–Crippen LogP) is 4.22. The number of benzene rings is 1. The van der Waals surface area contributed by atoms with Gasteiger partial charge in [0.25, 0.3) is 5.91 Å². The van der Waals surface area contributed by atoms with Gasteiger partial charge in [-0.1, -0.05) is 25.3 Å². The second kappa shape index (κ2) is 8.50. The summed E-state index contributed by atoms with van der Waals surface area (Å²) in [6.45, 7) is 3.75. The third-order valence-corrected chi connectivity index (χ3v) is 5.51. The highest BCUT2D eigenvalue weighted by Gasteiger charge is 2.26. The Labute approximate surface area is 165 Å². The maximum Gasteiger partial charge on any atom is 0.328 e. The topological polar surface area (TPSA) is 80.6 Å². The maximum atomic E-state index is 13.1. The van der Waals surface area contributed by atoms with Crippen LogP contribution in [0.2, 0.25) is 0 Å². The minimum atomic E-state index is -1.03. The summed E-state index contributed by atoms with van der Waals surface area (Å²) in [6, 6.07) is 5.88. The summed E-state index contributed by atoms with van der Waals surface area (Å²) in [5.41, 5.74) is 2.63. The Bertz CT molecular complexity index is 907. The van der Waals surface area contributed by atoms with E-state index in [9.17, 15) is 9.59 Å². The van der Waals surface area contributed by atoms with Crippen LogP contribution in [0, 0.1) is 6.92 Å². The number of ether oxygens (including phenoxy) is 1. The molecule has 0 bridgehead atoms. The number of nitrogens with zero attached hydrogens (tertiary/aromatic N) is 1. The molecule has 1 atom stereocenters. The Morgan fingerprint density at radius 1 is 1.29 bits per heavy atom. The van der Waals surface area contributed by atoms with Gasteiger partial charge >= 0.3 is 5.97 Å². The number of carboxylic acid groups (broad SMARTS) is 1. The Morgan fingerprint density at radius 3 is 2.64 bits per heavy atom. The number of hydrogen-bond donors (Lipinski definition) is 2. The molecule has 0 spiro atoms. The van der Waals surface area contributed by atoms with Gasteiger partial charge in [0.2, 0.25) is 0 Å². The number of amides is 1. The molecule has 28 heavy (non-hydrogen) atoms. The molecule has 6 heteroatoms. The number of carbonyl (C=O) groups excluding carboxylic acids is 1. The number of fused-ring (bicyclic) bond motifs is 1. The highest BCUT2D eigenvalue weighted by molar-refractivity contribution is 6.09. The average Bonchev–Trinajstić information content (AvgIpc) is 2.97. The molecule has 2 N–H and O–H groups in total. The van der Waals surface area contributed by atoms with Crippen molar-refractivity contribution in [2.45, 2.75) is 58.0 Å². The first-order valence-corrected chi connectivity index (χ1v) is 9.83. The molecule has 0 saturated heterocycles. The van der Waals surface area contributed by atoms with Crippen LogP contribution < -0.4 is 10.1 Å². The Morgan fingerprint density at radius 2 is 2.00 bits per heavy atom. The van der Waals surface area contributed by atoms with Crippen molar-refractivity contribution in [1.82, 2.24) is 9.88 Å². The molecular formula is C22H28N2O4. The Kier molecular flexibility index (Phi) is 6.07. The van der Waals surface area contributed by atoms with E-state index in [0.29, 0.717) is 17.4 Å². The van der Waals surface area contributed by atoms with Crippen molar-refractivity contribution in [2.24, 2.45) is 0 Å². The van der Waals surface area contributed by atoms with E-state index >= 15 is 0 Å². The van der Waals surface area contributed by atoms with Crippen LogP contribution in [-0.4, -0.2) is 34.7 Å². The van der Waals surface area contributed by atoms with E-state index in [-0.39, 0.29) is 11.9 Å². The van der Waals surface area contributed by atoms with E-state index in [1.807, 2.05) is 25.1 Å². The van der Waals surface area contributed by atoms with Gasteiger partial charge < -0.3 is 19.7 Å². The van der Waals surface area contributed by atoms with Crippen LogP contribution in [0.4, 0.5) is 0 Å². The minimum absolute atomic E-state index is 0.201. The van der Waals surface area contributed by atoms with Crippen molar-refractivity contribution in [3.8, 4) is 5.75 Å². The van der Waals surface area contributed by atoms with Gasteiger partial charge in [0, 0.05) is 34.8 Å². The minimum Gasteiger partial charge on any atom is -0.497 e. The number of carbonyl (C=O) groups is 2. The normalized spacial score (nSPS) is 16.4. The van der Waals surface area contributed by atoms with Crippen LogP contribution in [-0.2, 0) is 4.79 Å². The van der Waals surface area contributed by atoms with E-state index in [0.717, 1.165) is 35.5 Å². The molecule has 1 amide bonds.